The lowest BCUT2D eigenvalue weighted by Crippen LogP contribution is -2.38. The minimum atomic E-state index is -0.492. The summed E-state index contributed by atoms with van der Waals surface area (Å²) in [6, 6.07) is 0.569. The van der Waals surface area contributed by atoms with Gasteiger partial charge in [-0.05, 0) is 71.3 Å². The molecular weight excluding hydrogens is 615 g/mol. The molecule has 0 unspecified atom stereocenters. The van der Waals surface area contributed by atoms with Gasteiger partial charge in [0, 0.05) is 24.9 Å². The van der Waals surface area contributed by atoms with Gasteiger partial charge in [0.2, 0.25) is 0 Å². The number of alkyl halides is 1. The number of halogens is 1. The molecule has 1 amide bonds. The standard InChI is InChI=1S/C13H25NO4.C9H19NO2.CH3I.2CH4.2H2S/c1-6-10(8-7-9-11(15)17-5)14-12(16)18-13(2,3)4;1-4-8(10-2)6-5-7-9(11)12-3;1-2;;;;/h10H,6-9H2,1-5H3,(H,14,16);8,10H,4-7H2,1-3H3;1H3;2*1H4;2*1H2/t10-;8-;;;;;/m11...../s1. The topological polar surface area (TPSA) is 103 Å². The van der Waals surface area contributed by atoms with Crippen molar-refractivity contribution >= 4 is 67.6 Å². The molecule has 0 aliphatic rings. The van der Waals surface area contributed by atoms with Crippen LogP contribution in [0.2, 0.25) is 0 Å². The minimum absolute atomic E-state index is 0. The van der Waals surface area contributed by atoms with Crippen molar-refractivity contribution in [2.75, 3.05) is 26.2 Å². The third kappa shape index (κ3) is 38.1. The van der Waals surface area contributed by atoms with E-state index in [2.05, 4.69) is 49.6 Å². The Labute approximate surface area is 250 Å². The van der Waals surface area contributed by atoms with Crippen molar-refractivity contribution < 1.29 is 28.6 Å². The molecule has 8 nitrogen and oxygen atoms in total. The monoisotopic (exact) mass is 674 g/mol. The van der Waals surface area contributed by atoms with E-state index in [0.29, 0.717) is 25.3 Å². The summed E-state index contributed by atoms with van der Waals surface area (Å²) in [5.74, 6) is -0.330. The second-order valence-corrected chi connectivity index (χ2v) is 8.08. The zero-order chi connectivity index (χ0) is 25.6. The number of hydrogen-bond donors (Lipinski definition) is 2. The lowest BCUT2D eigenvalue weighted by Gasteiger charge is -2.23. The molecule has 11 heteroatoms. The summed E-state index contributed by atoms with van der Waals surface area (Å²) >= 11 is 2.15. The van der Waals surface area contributed by atoms with Gasteiger partial charge in [-0.2, -0.15) is 27.0 Å². The largest absolute Gasteiger partial charge is 0.469 e. The fourth-order valence-electron chi connectivity index (χ4n) is 2.59. The van der Waals surface area contributed by atoms with Gasteiger partial charge in [-0.3, -0.25) is 9.59 Å². The fourth-order valence-corrected chi connectivity index (χ4v) is 2.59. The van der Waals surface area contributed by atoms with Gasteiger partial charge < -0.3 is 24.8 Å². The third-order valence-electron chi connectivity index (χ3n) is 4.44. The molecule has 0 spiro atoms. The maximum Gasteiger partial charge on any atom is 0.407 e. The lowest BCUT2D eigenvalue weighted by atomic mass is 10.1. The van der Waals surface area contributed by atoms with Crippen molar-refractivity contribution in [1.82, 2.24) is 10.6 Å². The average molecular weight is 675 g/mol. The number of hydrogen-bond acceptors (Lipinski definition) is 7. The van der Waals surface area contributed by atoms with Gasteiger partial charge in [0.25, 0.3) is 0 Å². The van der Waals surface area contributed by atoms with Gasteiger partial charge in [0.15, 0.2) is 0 Å². The SMILES string of the molecule is C.C.CC[C@H](CCCC(=O)OC)NC.CC[C@H](CCCC(=O)OC)NC(=O)OC(C)(C)C.CI.S.S. The molecule has 0 aliphatic heterocycles. The van der Waals surface area contributed by atoms with Crippen LogP contribution < -0.4 is 10.6 Å². The predicted molar refractivity (Wildman–Crippen MR) is 172 cm³/mol. The molecule has 0 aromatic carbocycles. The molecule has 0 radical (unpaired) electrons. The number of rotatable bonds is 12. The fraction of sp³-hybridized carbons (Fsp3) is 0.880. The Bertz CT molecular complexity index is 492. The molecule has 0 fully saturated rings. The van der Waals surface area contributed by atoms with E-state index in [1.807, 2.05) is 39.7 Å². The highest BCUT2D eigenvalue weighted by atomic mass is 127. The first-order valence-electron chi connectivity index (χ1n) is 11.2. The zero-order valence-electron chi connectivity index (χ0n) is 22.6. The van der Waals surface area contributed by atoms with Crippen molar-refractivity contribution in [3.8, 4) is 0 Å². The van der Waals surface area contributed by atoms with E-state index in [9.17, 15) is 14.4 Å². The molecule has 0 heterocycles. The quantitative estimate of drug-likeness (QED) is 0.105. The number of carbonyl (C=O) groups excluding carboxylic acids is 3. The van der Waals surface area contributed by atoms with E-state index in [4.69, 9.17) is 4.74 Å². The zero-order valence-corrected chi connectivity index (χ0v) is 26.8. The van der Waals surface area contributed by atoms with Crippen molar-refractivity contribution in [2.45, 2.75) is 119 Å². The van der Waals surface area contributed by atoms with Gasteiger partial charge in [0.1, 0.15) is 5.60 Å². The molecule has 0 aromatic heterocycles. The molecule has 0 saturated carbocycles. The Balaban J connectivity index is -0.0000000831. The number of ether oxygens (including phenoxy) is 3. The van der Waals surface area contributed by atoms with Crippen molar-refractivity contribution in [3.63, 3.8) is 0 Å². The molecule has 0 bridgehead atoms. The average Bonchev–Trinajstić information content (AvgIpc) is 2.76. The van der Waals surface area contributed by atoms with E-state index >= 15 is 0 Å². The molecule has 0 aliphatic carbocycles. The van der Waals surface area contributed by atoms with E-state index in [-0.39, 0.29) is 59.8 Å². The maximum absolute atomic E-state index is 11.6. The van der Waals surface area contributed by atoms with Crippen LogP contribution in [0.1, 0.15) is 101 Å². The second kappa shape index (κ2) is 34.6. The number of methoxy groups -OCH3 is 2. The summed E-state index contributed by atoms with van der Waals surface area (Å²) in [4.78, 5) is 35.2. The third-order valence-corrected chi connectivity index (χ3v) is 4.44. The van der Waals surface area contributed by atoms with Crippen molar-refractivity contribution in [3.05, 3.63) is 0 Å². The second-order valence-electron chi connectivity index (χ2n) is 8.08. The number of alkyl carbamates (subject to hydrolysis) is 1. The lowest BCUT2D eigenvalue weighted by molar-refractivity contribution is -0.141. The summed E-state index contributed by atoms with van der Waals surface area (Å²) in [7, 11) is 4.75. The van der Waals surface area contributed by atoms with Crippen LogP contribution in [-0.2, 0) is 23.8 Å². The summed E-state index contributed by atoms with van der Waals surface area (Å²) in [6.07, 6.45) is 5.81. The summed E-state index contributed by atoms with van der Waals surface area (Å²) in [6.45, 7) is 9.60. The van der Waals surface area contributed by atoms with Crippen LogP contribution in [-0.4, -0.2) is 61.9 Å². The molecule has 2 N–H and O–H groups in total. The van der Waals surface area contributed by atoms with Gasteiger partial charge in [-0.15, -0.1) is 0 Å². The van der Waals surface area contributed by atoms with Crippen molar-refractivity contribution in [1.29, 1.82) is 0 Å². The van der Waals surface area contributed by atoms with E-state index in [1.54, 1.807) is 0 Å². The highest BCUT2D eigenvalue weighted by Crippen LogP contribution is 2.10. The minimum Gasteiger partial charge on any atom is -0.469 e. The highest BCUT2D eigenvalue weighted by Gasteiger charge is 2.18. The number of esters is 2. The molecule has 36 heavy (non-hydrogen) atoms. The maximum atomic E-state index is 11.6. The Hall–Kier alpha value is -0.400. The Kier molecular flexibility index (Phi) is 50.1. The summed E-state index contributed by atoms with van der Waals surface area (Å²) < 4.78 is 14.3. The summed E-state index contributed by atoms with van der Waals surface area (Å²) in [5, 5.41) is 5.99. The van der Waals surface area contributed by atoms with Gasteiger partial charge in [0.05, 0.1) is 14.2 Å². The molecule has 2 atom stereocenters. The molecular formula is C25H59IN2O6S2. The van der Waals surface area contributed by atoms with E-state index < -0.39 is 11.7 Å². The Morgan fingerprint density at radius 2 is 1.17 bits per heavy atom. The van der Waals surface area contributed by atoms with Crippen LogP contribution in [0.5, 0.6) is 0 Å². The van der Waals surface area contributed by atoms with Gasteiger partial charge >= 0.3 is 18.0 Å². The molecule has 0 saturated heterocycles. The molecule has 0 aromatic rings. The van der Waals surface area contributed by atoms with Crippen LogP contribution in [0, 0.1) is 0 Å². The van der Waals surface area contributed by atoms with Crippen molar-refractivity contribution in [2.24, 2.45) is 0 Å². The first kappa shape index (κ1) is 52.1. The highest BCUT2D eigenvalue weighted by molar-refractivity contribution is 14.1. The number of amides is 1. The van der Waals surface area contributed by atoms with Gasteiger partial charge in [-0.25, -0.2) is 4.79 Å². The number of nitrogens with one attached hydrogen (secondary N) is 2. The van der Waals surface area contributed by atoms with Crippen LogP contribution in [0.25, 0.3) is 0 Å². The molecule has 0 rings (SSSR count). The number of carbonyl (C=O) groups is 3. The van der Waals surface area contributed by atoms with Crippen LogP contribution in [0.3, 0.4) is 0 Å². The summed E-state index contributed by atoms with van der Waals surface area (Å²) in [5.41, 5.74) is -0.492. The first-order chi connectivity index (χ1) is 15.0. The van der Waals surface area contributed by atoms with E-state index in [0.717, 1.165) is 32.1 Å². The predicted octanol–water partition coefficient (Wildman–Crippen LogP) is 6.51. The Morgan fingerprint density at radius 3 is 1.44 bits per heavy atom. The van der Waals surface area contributed by atoms with Crippen LogP contribution in [0.4, 0.5) is 4.79 Å². The van der Waals surface area contributed by atoms with Gasteiger partial charge in [-0.1, -0.05) is 51.3 Å². The Morgan fingerprint density at radius 1 is 0.806 bits per heavy atom. The van der Waals surface area contributed by atoms with Crippen LogP contribution in [0.15, 0.2) is 0 Å². The normalized spacial score (nSPS) is 10.7. The molecule has 224 valence electrons. The van der Waals surface area contributed by atoms with Crippen LogP contribution >= 0.6 is 49.6 Å². The smallest absolute Gasteiger partial charge is 0.407 e. The first-order valence-corrected chi connectivity index (χ1v) is 13.4. The van der Waals surface area contributed by atoms with E-state index in [1.165, 1.54) is 14.2 Å².